The summed E-state index contributed by atoms with van der Waals surface area (Å²) in [4.78, 5) is 14.3. The molecule has 0 amide bonds. The number of rotatable bonds is 4. The molecule has 0 N–H and O–H groups in total. The largest absolute Gasteiger partial charge is 0.373 e. The van der Waals surface area contributed by atoms with E-state index in [-0.39, 0.29) is 23.8 Å². The second-order valence-electron chi connectivity index (χ2n) is 5.65. The van der Waals surface area contributed by atoms with Crippen molar-refractivity contribution in [2.24, 2.45) is 0 Å². The summed E-state index contributed by atoms with van der Waals surface area (Å²) in [7, 11) is 0. The van der Waals surface area contributed by atoms with Crippen molar-refractivity contribution in [3.63, 3.8) is 0 Å². The lowest BCUT2D eigenvalue weighted by atomic mass is 10.1. The van der Waals surface area contributed by atoms with Gasteiger partial charge in [-0.15, -0.1) is 0 Å². The number of hydrogen-bond donors (Lipinski definition) is 0. The van der Waals surface area contributed by atoms with Gasteiger partial charge in [0.1, 0.15) is 5.82 Å². The molecule has 2 atom stereocenters. The van der Waals surface area contributed by atoms with Crippen LogP contribution < -0.4 is 0 Å². The molecule has 0 aromatic heterocycles. The Balaban J connectivity index is 1.90. The van der Waals surface area contributed by atoms with Crippen LogP contribution in [0.25, 0.3) is 0 Å². The summed E-state index contributed by atoms with van der Waals surface area (Å²) in [5.41, 5.74) is 1.03. The van der Waals surface area contributed by atoms with E-state index in [1.54, 1.807) is 19.1 Å². The van der Waals surface area contributed by atoms with Crippen molar-refractivity contribution in [2.45, 2.75) is 39.4 Å². The molecular formula is C16H22FNO2. The number of ether oxygens (including phenoxy) is 1. The van der Waals surface area contributed by atoms with Gasteiger partial charge < -0.3 is 4.74 Å². The first-order valence-corrected chi connectivity index (χ1v) is 7.13. The first kappa shape index (κ1) is 15.1. The fourth-order valence-electron chi connectivity index (χ4n) is 2.64. The third-order valence-corrected chi connectivity index (χ3v) is 3.64. The molecule has 0 aliphatic carbocycles. The number of aryl methyl sites for hydroxylation is 1. The highest BCUT2D eigenvalue weighted by molar-refractivity contribution is 5.96. The van der Waals surface area contributed by atoms with Crippen LogP contribution in [0.5, 0.6) is 0 Å². The summed E-state index contributed by atoms with van der Waals surface area (Å²) >= 11 is 0. The van der Waals surface area contributed by atoms with Gasteiger partial charge in [-0.2, -0.15) is 0 Å². The number of ketones is 1. The molecule has 0 radical (unpaired) electrons. The van der Waals surface area contributed by atoms with Crippen molar-refractivity contribution < 1.29 is 13.9 Å². The summed E-state index contributed by atoms with van der Waals surface area (Å²) in [5, 5.41) is 0. The van der Waals surface area contributed by atoms with Gasteiger partial charge in [0, 0.05) is 31.6 Å². The van der Waals surface area contributed by atoms with Gasteiger partial charge in [-0.3, -0.25) is 9.69 Å². The molecule has 1 aromatic rings. The van der Waals surface area contributed by atoms with Gasteiger partial charge in [-0.1, -0.05) is 12.1 Å². The molecule has 1 aliphatic rings. The summed E-state index contributed by atoms with van der Waals surface area (Å²) < 4.78 is 19.1. The van der Waals surface area contributed by atoms with Crippen LogP contribution in [0.1, 0.15) is 36.2 Å². The number of benzene rings is 1. The number of carbonyl (C=O) groups excluding carboxylic acids is 1. The van der Waals surface area contributed by atoms with Crippen LogP contribution in [0, 0.1) is 12.7 Å². The Kier molecular flexibility index (Phi) is 4.89. The fraction of sp³-hybridized carbons (Fsp3) is 0.562. The number of carbonyl (C=O) groups is 1. The van der Waals surface area contributed by atoms with Gasteiger partial charge >= 0.3 is 0 Å². The normalized spacial score (nSPS) is 23.8. The molecule has 3 nitrogen and oxygen atoms in total. The smallest absolute Gasteiger partial charge is 0.164 e. The summed E-state index contributed by atoms with van der Waals surface area (Å²) in [6.45, 7) is 8.17. The van der Waals surface area contributed by atoms with Gasteiger partial charge in [0.2, 0.25) is 0 Å². The number of Topliss-reactive ketones (excluding diaryl/α,β-unsaturated/α-hetero) is 1. The molecule has 0 bridgehead atoms. The van der Waals surface area contributed by atoms with Crippen LogP contribution in [0.3, 0.4) is 0 Å². The molecular weight excluding hydrogens is 257 g/mol. The van der Waals surface area contributed by atoms with Crippen molar-refractivity contribution in [1.82, 2.24) is 4.90 Å². The molecule has 1 aromatic carbocycles. The van der Waals surface area contributed by atoms with Crippen LogP contribution in [0.15, 0.2) is 18.2 Å². The Labute approximate surface area is 119 Å². The highest BCUT2D eigenvalue weighted by Crippen LogP contribution is 2.14. The quantitative estimate of drug-likeness (QED) is 0.794. The van der Waals surface area contributed by atoms with Crippen molar-refractivity contribution in [2.75, 3.05) is 19.6 Å². The molecule has 1 heterocycles. The zero-order valence-corrected chi connectivity index (χ0v) is 12.4. The Morgan fingerprint density at radius 2 is 2.00 bits per heavy atom. The zero-order valence-electron chi connectivity index (χ0n) is 12.4. The van der Waals surface area contributed by atoms with Crippen molar-refractivity contribution in [3.8, 4) is 0 Å². The highest BCUT2D eigenvalue weighted by Gasteiger charge is 2.22. The maximum atomic E-state index is 13.5. The van der Waals surface area contributed by atoms with E-state index in [0.717, 1.165) is 13.1 Å². The van der Waals surface area contributed by atoms with Crippen molar-refractivity contribution in [1.29, 1.82) is 0 Å². The van der Waals surface area contributed by atoms with E-state index in [2.05, 4.69) is 4.90 Å². The molecule has 0 spiro atoms. The van der Waals surface area contributed by atoms with E-state index in [9.17, 15) is 9.18 Å². The summed E-state index contributed by atoms with van der Waals surface area (Å²) in [5.74, 6) is -0.319. The minimum Gasteiger partial charge on any atom is -0.373 e. The lowest BCUT2D eigenvalue weighted by molar-refractivity contribution is -0.0675. The lowest BCUT2D eigenvalue weighted by Crippen LogP contribution is -2.46. The minimum atomic E-state index is -0.315. The average molecular weight is 279 g/mol. The average Bonchev–Trinajstić information content (AvgIpc) is 2.38. The monoisotopic (exact) mass is 279 g/mol. The second kappa shape index (κ2) is 6.46. The number of halogens is 1. The Morgan fingerprint density at radius 1 is 1.35 bits per heavy atom. The molecule has 20 heavy (non-hydrogen) atoms. The van der Waals surface area contributed by atoms with Crippen LogP contribution in [-0.4, -0.2) is 42.5 Å². The third kappa shape index (κ3) is 3.87. The van der Waals surface area contributed by atoms with E-state index in [4.69, 9.17) is 4.74 Å². The van der Waals surface area contributed by atoms with Gasteiger partial charge in [-0.05, 0) is 32.4 Å². The van der Waals surface area contributed by atoms with Crippen LogP contribution in [-0.2, 0) is 4.74 Å². The van der Waals surface area contributed by atoms with E-state index in [1.165, 1.54) is 6.07 Å². The topological polar surface area (TPSA) is 29.5 Å². The molecule has 110 valence electrons. The molecule has 0 unspecified atom stereocenters. The molecule has 1 fully saturated rings. The first-order chi connectivity index (χ1) is 9.45. The fourth-order valence-corrected chi connectivity index (χ4v) is 2.64. The number of nitrogens with zero attached hydrogens (tertiary/aromatic N) is 1. The maximum absolute atomic E-state index is 13.5. The van der Waals surface area contributed by atoms with E-state index < -0.39 is 0 Å². The number of morpholine rings is 1. The van der Waals surface area contributed by atoms with Gasteiger partial charge in [-0.25, -0.2) is 4.39 Å². The van der Waals surface area contributed by atoms with Gasteiger partial charge in [0.15, 0.2) is 5.78 Å². The Hall–Kier alpha value is -1.26. The van der Waals surface area contributed by atoms with E-state index in [1.807, 2.05) is 13.8 Å². The van der Waals surface area contributed by atoms with Gasteiger partial charge in [0.25, 0.3) is 0 Å². The Bertz CT molecular complexity index is 479. The van der Waals surface area contributed by atoms with E-state index in [0.29, 0.717) is 24.1 Å². The standard InChI is InChI=1S/C16H22FNO2/c1-11-4-5-14(8-15(11)17)16(19)6-7-18-9-12(2)20-13(3)10-18/h4-5,8,12-13H,6-7,9-10H2,1-3H3/t12-,13+. The SMILES string of the molecule is Cc1ccc(C(=O)CCN2C[C@@H](C)O[C@@H](C)C2)cc1F. The summed E-state index contributed by atoms with van der Waals surface area (Å²) in [6, 6.07) is 4.69. The molecule has 1 aliphatic heterocycles. The van der Waals surface area contributed by atoms with E-state index >= 15 is 0 Å². The lowest BCUT2D eigenvalue weighted by Gasteiger charge is -2.35. The molecule has 0 saturated carbocycles. The minimum absolute atomic E-state index is 0.00398. The maximum Gasteiger partial charge on any atom is 0.164 e. The molecule has 4 heteroatoms. The van der Waals surface area contributed by atoms with Crippen molar-refractivity contribution >= 4 is 5.78 Å². The second-order valence-corrected chi connectivity index (χ2v) is 5.65. The van der Waals surface area contributed by atoms with Crippen LogP contribution in [0.2, 0.25) is 0 Å². The third-order valence-electron chi connectivity index (χ3n) is 3.64. The molecule has 2 rings (SSSR count). The highest BCUT2D eigenvalue weighted by atomic mass is 19.1. The van der Waals surface area contributed by atoms with Crippen LogP contribution in [0.4, 0.5) is 4.39 Å². The first-order valence-electron chi connectivity index (χ1n) is 7.13. The molecule has 1 saturated heterocycles. The predicted octanol–water partition coefficient (Wildman–Crippen LogP) is 2.82. The zero-order chi connectivity index (χ0) is 14.7. The van der Waals surface area contributed by atoms with Crippen molar-refractivity contribution in [3.05, 3.63) is 35.1 Å². The predicted molar refractivity (Wildman–Crippen MR) is 76.5 cm³/mol. The van der Waals surface area contributed by atoms with Crippen LogP contribution >= 0.6 is 0 Å². The Morgan fingerprint density at radius 3 is 2.60 bits per heavy atom. The van der Waals surface area contributed by atoms with Gasteiger partial charge in [0.05, 0.1) is 12.2 Å². The summed E-state index contributed by atoms with van der Waals surface area (Å²) in [6.07, 6.45) is 0.818. The number of hydrogen-bond acceptors (Lipinski definition) is 3.